The number of carbonyl (C=O) groups excluding carboxylic acids is 1. The maximum Gasteiger partial charge on any atom is 0.311 e. The lowest BCUT2D eigenvalue weighted by Crippen LogP contribution is -2.34. The van der Waals surface area contributed by atoms with Crippen LogP contribution in [-0.2, 0) is 11.2 Å². The summed E-state index contributed by atoms with van der Waals surface area (Å²) < 4.78 is 0. The minimum atomic E-state index is -0.852. The third-order valence-corrected chi connectivity index (χ3v) is 3.56. The molecular weight excluding hydrogens is 268 g/mol. The number of nitrogens with zero attached hydrogens (tertiary/aromatic N) is 1. The van der Waals surface area contributed by atoms with Gasteiger partial charge in [-0.15, -0.1) is 0 Å². The van der Waals surface area contributed by atoms with Gasteiger partial charge in [0.15, 0.2) is 0 Å². The molecule has 19 heavy (non-hydrogen) atoms. The zero-order valence-corrected chi connectivity index (χ0v) is 11.3. The summed E-state index contributed by atoms with van der Waals surface area (Å²) in [5.41, 5.74) is 0.384. The second kappa shape index (κ2) is 5.17. The third kappa shape index (κ3) is 3.04. The van der Waals surface area contributed by atoms with E-state index >= 15 is 0 Å². The second-order valence-electron chi connectivity index (χ2n) is 4.79. The molecule has 0 atom stereocenters. The van der Waals surface area contributed by atoms with Crippen LogP contribution in [0.25, 0.3) is 0 Å². The summed E-state index contributed by atoms with van der Waals surface area (Å²) in [5.74, 6) is -1.17. The number of aryl methyl sites for hydroxylation is 1. The van der Waals surface area contributed by atoms with Gasteiger partial charge in [0.2, 0.25) is 0 Å². The summed E-state index contributed by atoms with van der Waals surface area (Å²) in [6.07, 6.45) is 1.90. The van der Waals surface area contributed by atoms with Crippen LogP contribution in [0.4, 0.5) is 0 Å². The summed E-state index contributed by atoms with van der Waals surface area (Å²) in [6, 6.07) is 3.15. The maximum absolute atomic E-state index is 12.0. The smallest absolute Gasteiger partial charge is 0.311 e. The maximum atomic E-state index is 12.0. The van der Waals surface area contributed by atoms with Gasteiger partial charge in [-0.25, -0.2) is 4.98 Å². The molecule has 102 valence electrons. The van der Waals surface area contributed by atoms with Crippen LogP contribution in [0, 0.1) is 5.41 Å². The fourth-order valence-electron chi connectivity index (χ4n) is 1.83. The van der Waals surface area contributed by atoms with Gasteiger partial charge in [-0.2, -0.15) is 0 Å². The van der Waals surface area contributed by atoms with Crippen molar-refractivity contribution in [3.05, 3.63) is 28.5 Å². The Labute approximate surface area is 116 Å². The van der Waals surface area contributed by atoms with Crippen LogP contribution >= 0.6 is 11.6 Å². The van der Waals surface area contributed by atoms with E-state index in [-0.39, 0.29) is 17.6 Å². The highest BCUT2D eigenvalue weighted by molar-refractivity contribution is 6.29. The Kier molecular flexibility index (Phi) is 3.75. The minimum Gasteiger partial charge on any atom is -0.481 e. The highest BCUT2D eigenvalue weighted by Gasteiger charge is 2.50. The fourth-order valence-corrected chi connectivity index (χ4v) is 2.06. The number of hydrogen-bond donors (Lipinski definition) is 2. The van der Waals surface area contributed by atoms with Crippen LogP contribution in [0.1, 0.15) is 35.8 Å². The van der Waals surface area contributed by atoms with E-state index in [0.29, 0.717) is 24.8 Å². The molecule has 6 heteroatoms. The lowest BCUT2D eigenvalue weighted by atomic mass is 10.1. The molecule has 1 aromatic rings. The molecule has 2 rings (SSSR count). The van der Waals surface area contributed by atoms with E-state index in [1.54, 1.807) is 6.07 Å². The number of rotatable bonds is 5. The third-order valence-electron chi connectivity index (χ3n) is 3.37. The topological polar surface area (TPSA) is 79.3 Å². The van der Waals surface area contributed by atoms with Crippen LogP contribution in [0.3, 0.4) is 0 Å². The summed E-state index contributed by atoms with van der Waals surface area (Å²) >= 11 is 5.84. The first kappa shape index (κ1) is 13.8. The number of nitrogens with one attached hydrogen (secondary N) is 1. The number of carboxylic acids is 1. The van der Waals surface area contributed by atoms with Gasteiger partial charge < -0.3 is 10.4 Å². The lowest BCUT2D eigenvalue weighted by molar-refractivity contribution is -0.143. The summed E-state index contributed by atoms with van der Waals surface area (Å²) in [4.78, 5) is 27.1. The Bertz CT molecular complexity index is 527. The molecular formula is C13H15ClN2O3. The van der Waals surface area contributed by atoms with Crippen molar-refractivity contribution in [2.75, 3.05) is 6.54 Å². The Balaban J connectivity index is 2.04. The molecule has 0 aliphatic heterocycles. The number of hydrogen-bond acceptors (Lipinski definition) is 3. The summed E-state index contributed by atoms with van der Waals surface area (Å²) in [6.45, 7) is 2.08. The molecule has 0 bridgehead atoms. The molecule has 1 aromatic heterocycles. The predicted molar refractivity (Wildman–Crippen MR) is 70.3 cm³/mol. The molecule has 0 unspecified atom stereocenters. The van der Waals surface area contributed by atoms with Gasteiger partial charge in [-0.05, 0) is 31.4 Å². The standard InChI is InChI=1S/C13H15ClN2O3/c1-2-9-5-8(6-10(14)16-9)11(17)15-7-13(3-4-13)12(18)19/h5-6H,2-4,7H2,1H3,(H,15,17)(H,18,19). The molecule has 1 aliphatic rings. The number of aliphatic carboxylic acids is 1. The minimum absolute atomic E-state index is 0.155. The second-order valence-corrected chi connectivity index (χ2v) is 5.18. The predicted octanol–water partition coefficient (Wildman–Crippen LogP) is 1.89. The van der Waals surface area contributed by atoms with Gasteiger partial charge in [-0.3, -0.25) is 9.59 Å². The van der Waals surface area contributed by atoms with Gasteiger partial charge in [0.1, 0.15) is 5.15 Å². The zero-order valence-electron chi connectivity index (χ0n) is 10.6. The molecule has 1 fully saturated rings. The highest BCUT2D eigenvalue weighted by atomic mass is 35.5. The number of halogens is 1. The van der Waals surface area contributed by atoms with Gasteiger partial charge in [0, 0.05) is 17.8 Å². The van der Waals surface area contributed by atoms with Gasteiger partial charge >= 0.3 is 5.97 Å². The molecule has 1 saturated carbocycles. The van der Waals surface area contributed by atoms with E-state index in [4.69, 9.17) is 16.7 Å². The fraction of sp³-hybridized carbons (Fsp3) is 0.462. The number of amides is 1. The van der Waals surface area contributed by atoms with Crippen molar-refractivity contribution in [3.8, 4) is 0 Å². The largest absolute Gasteiger partial charge is 0.481 e. The van der Waals surface area contributed by atoms with Crippen molar-refractivity contribution >= 4 is 23.5 Å². The van der Waals surface area contributed by atoms with E-state index in [1.165, 1.54) is 6.07 Å². The van der Waals surface area contributed by atoms with Gasteiger partial charge in [-0.1, -0.05) is 18.5 Å². The van der Waals surface area contributed by atoms with Crippen molar-refractivity contribution in [2.24, 2.45) is 5.41 Å². The molecule has 1 heterocycles. The molecule has 0 saturated heterocycles. The van der Waals surface area contributed by atoms with Gasteiger partial charge in [0.05, 0.1) is 5.41 Å². The average Bonchev–Trinajstić information content (AvgIpc) is 3.16. The monoisotopic (exact) mass is 282 g/mol. The van der Waals surface area contributed by atoms with E-state index < -0.39 is 11.4 Å². The van der Waals surface area contributed by atoms with Crippen molar-refractivity contribution in [1.29, 1.82) is 0 Å². The van der Waals surface area contributed by atoms with E-state index in [0.717, 1.165) is 5.69 Å². The quantitative estimate of drug-likeness (QED) is 0.808. The molecule has 0 spiro atoms. The van der Waals surface area contributed by atoms with Crippen LogP contribution in [0.2, 0.25) is 5.15 Å². The number of carboxylic acid groups (broad SMARTS) is 1. The summed E-state index contributed by atoms with van der Waals surface area (Å²) in [5, 5.41) is 12.0. The first-order valence-corrected chi connectivity index (χ1v) is 6.53. The molecule has 0 radical (unpaired) electrons. The number of carbonyl (C=O) groups is 2. The first-order valence-electron chi connectivity index (χ1n) is 6.15. The van der Waals surface area contributed by atoms with Crippen LogP contribution < -0.4 is 5.32 Å². The van der Waals surface area contributed by atoms with E-state index in [2.05, 4.69) is 10.3 Å². The Morgan fingerprint density at radius 2 is 2.16 bits per heavy atom. The first-order chi connectivity index (χ1) is 8.97. The zero-order chi connectivity index (χ0) is 14.0. The highest BCUT2D eigenvalue weighted by Crippen LogP contribution is 2.45. The average molecular weight is 283 g/mol. The van der Waals surface area contributed by atoms with Crippen LogP contribution in [-0.4, -0.2) is 28.5 Å². The lowest BCUT2D eigenvalue weighted by Gasteiger charge is -2.11. The molecule has 5 nitrogen and oxygen atoms in total. The number of pyridine rings is 1. The number of aromatic nitrogens is 1. The van der Waals surface area contributed by atoms with E-state index in [9.17, 15) is 9.59 Å². The Hall–Kier alpha value is -1.62. The van der Waals surface area contributed by atoms with Gasteiger partial charge in [0.25, 0.3) is 5.91 Å². The van der Waals surface area contributed by atoms with Crippen molar-refractivity contribution in [3.63, 3.8) is 0 Å². The van der Waals surface area contributed by atoms with Crippen molar-refractivity contribution < 1.29 is 14.7 Å². The molecule has 0 aromatic carbocycles. The normalized spacial score (nSPS) is 15.9. The molecule has 1 aliphatic carbocycles. The Morgan fingerprint density at radius 1 is 1.47 bits per heavy atom. The summed E-state index contributed by atoms with van der Waals surface area (Å²) in [7, 11) is 0. The van der Waals surface area contributed by atoms with Crippen LogP contribution in [0.15, 0.2) is 12.1 Å². The van der Waals surface area contributed by atoms with Crippen molar-refractivity contribution in [2.45, 2.75) is 26.2 Å². The SMILES string of the molecule is CCc1cc(C(=O)NCC2(C(=O)O)CC2)cc(Cl)n1. The molecule has 2 N–H and O–H groups in total. The van der Waals surface area contributed by atoms with E-state index in [1.807, 2.05) is 6.92 Å². The van der Waals surface area contributed by atoms with Crippen LogP contribution in [0.5, 0.6) is 0 Å². The molecule has 1 amide bonds. The van der Waals surface area contributed by atoms with Crippen molar-refractivity contribution in [1.82, 2.24) is 10.3 Å². The Morgan fingerprint density at radius 3 is 2.68 bits per heavy atom.